The molecule has 0 radical (unpaired) electrons. The van der Waals surface area contributed by atoms with Gasteiger partial charge in [0, 0.05) is 30.8 Å². The molecule has 0 unspecified atom stereocenters. The third-order valence-corrected chi connectivity index (χ3v) is 4.77. The molecule has 140 valence electrons. The fourth-order valence-electron chi connectivity index (χ4n) is 3.49. The SMILES string of the molecule is COc1nc(-c2cccc(C(=O)N3CCC[C@H]3c3cc(C)on3)c2)nn1C. The number of likely N-dealkylation sites (tertiary alicyclic amines) is 1. The highest BCUT2D eigenvalue weighted by Crippen LogP contribution is 2.33. The Morgan fingerprint density at radius 1 is 1.33 bits per heavy atom. The molecular formula is C19H21N5O3. The van der Waals surface area contributed by atoms with E-state index in [0.29, 0.717) is 23.9 Å². The Morgan fingerprint density at radius 2 is 2.19 bits per heavy atom. The highest BCUT2D eigenvalue weighted by molar-refractivity contribution is 5.95. The molecule has 2 aromatic heterocycles. The largest absolute Gasteiger partial charge is 0.467 e. The van der Waals surface area contributed by atoms with Crippen LogP contribution in [-0.4, -0.2) is 44.4 Å². The molecule has 27 heavy (non-hydrogen) atoms. The van der Waals surface area contributed by atoms with Crippen LogP contribution in [0.3, 0.4) is 0 Å². The Morgan fingerprint density at radius 3 is 2.89 bits per heavy atom. The molecule has 0 aliphatic carbocycles. The number of aryl methyl sites for hydroxylation is 2. The number of aromatic nitrogens is 4. The van der Waals surface area contributed by atoms with Crippen LogP contribution in [0.25, 0.3) is 11.4 Å². The molecule has 0 bridgehead atoms. The number of rotatable bonds is 4. The van der Waals surface area contributed by atoms with Crippen LogP contribution in [0.5, 0.6) is 6.01 Å². The van der Waals surface area contributed by atoms with Gasteiger partial charge in [0.05, 0.1) is 13.2 Å². The van der Waals surface area contributed by atoms with Crippen LogP contribution in [0.4, 0.5) is 0 Å². The van der Waals surface area contributed by atoms with Crippen molar-refractivity contribution in [3.8, 4) is 17.4 Å². The molecule has 3 aromatic rings. The molecule has 1 saturated heterocycles. The van der Waals surface area contributed by atoms with Crippen LogP contribution >= 0.6 is 0 Å². The van der Waals surface area contributed by atoms with Gasteiger partial charge < -0.3 is 14.2 Å². The summed E-state index contributed by atoms with van der Waals surface area (Å²) in [6.07, 6.45) is 1.83. The van der Waals surface area contributed by atoms with Gasteiger partial charge in [0.2, 0.25) is 0 Å². The fraction of sp³-hybridized carbons (Fsp3) is 0.368. The van der Waals surface area contributed by atoms with Gasteiger partial charge in [0.25, 0.3) is 5.91 Å². The zero-order valence-corrected chi connectivity index (χ0v) is 15.5. The predicted octanol–water partition coefficient (Wildman–Crippen LogP) is 2.76. The van der Waals surface area contributed by atoms with Crippen LogP contribution in [0.2, 0.25) is 0 Å². The van der Waals surface area contributed by atoms with Crippen molar-refractivity contribution in [2.45, 2.75) is 25.8 Å². The van der Waals surface area contributed by atoms with Crippen molar-refractivity contribution in [2.75, 3.05) is 13.7 Å². The molecule has 1 atom stereocenters. The molecule has 1 aliphatic heterocycles. The molecule has 1 aromatic carbocycles. The topological polar surface area (TPSA) is 86.3 Å². The molecule has 1 fully saturated rings. The lowest BCUT2D eigenvalue weighted by atomic mass is 10.1. The molecule has 0 saturated carbocycles. The van der Waals surface area contributed by atoms with Gasteiger partial charge in [-0.1, -0.05) is 17.3 Å². The Bertz CT molecular complexity index is 977. The van der Waals surface area contributed by atoms with Crippen LogP contribution < -0.4 is 4.74 Å². The maximum atomic E-state index is 13.1. The first-order chi connectivity index (χ1) is 13.1. The van der Waals surface area contributed by atoms with Gasteiger partial charge in [-0.05, 0) is 31.9 Å². The Balaban J connectivity index is 1.62. The first-order valence-corrected chi connectivity index (χ1v) is 8.86. The number of carbonyl (C=O) groups is 1. The maximum Gasteiger partial charge on any atom is 0.314 e. The Labute approximate surface area is 156 Å². The highest BCUT2D eigenvalue weighted by Gasteiger charge is 2.32. The van der Waals surface area contributed by atoms with E-state index < -0.39 is 0 Å². The zero-order valence-electron chi connectivity index (χ0n) is 15.5. The number of benzene rings is 1. The average Bonchev–Trinajstić information content (AvgIpc) is 3.40. The molecular weight excluding hydrogens is 346 g/mol. The molecule has 1 amide bonds. The molecule has 4 rings (SSSR count). The number of ether oxygens (including phenoxy) is 1. The van der Waals surface area contributed by atoms with Gasteiger partial charge in [-0.2, -0.15) is 4.98 Å². The number of methoxy groups -OCH3 is 1. The van der Waals surface area contributed by atoms with Gasteiger partial charge in [-0.25, -0.2) is 4.68 Å². The van der Waals surface area contributed by atoms with Crippen molar-refractivity contribution >= 4 is 5.91 Å². The van der Waals surface area contributed by atoms with Crippen molar-refractivity contribution in [1.82, 2.24) is 24.8 Å². The van der Waals surface area contributed by atoms with E-state index in [1.165, 1.54) is 0 Å². The summed E-state index contributed by atoms with van der Waals surface area (Å²) in [6, 6.07) is 9.63. The third kappa shape index (κ3) is 3.18. The van der Waals surface area contributed by atoms with E-state index in [2.05, 4.69) is 15.2 Å². The van der Waals surface area contributed by atoms with Crippen LogP contribution in [0.1, 0.15) is 40.7 Å². The Hall–Kier alpha value is -3.16. The van der Waals surface area contributed by atoms with Crippen molar-refractivity contribution in [3.63, 3.8) is 0 Å². The van der Waals surface area contributed by atoms with E-state index in [-0.39, 0.29) is 11.9 Å². The average molecular weight is 367 g/mol. The van der Waals surface area contributed by atoms with Crippen LogP contribution in [-0.2, 0) is 7.05 Å². The molecule has 0 spiro atoms. The number of hydrogen-bond donors (Lipinski definition) is 0. The second-order valence-electron chi connectivity index (χ2n) is 6.65. The monoisotopic (exact) mass is 367 g/mol. The van der Waals surface area contributed by atoms with Crippen molar-refractivity contribution in [3.05, 3.63) is 47.3 Å². The van der Waals surface area contributed by atoms with E-state index in [0.717, 1.165) is 29.9 Å². The van der Waals surface area contributed by atoms with Gasteiger partial charge >= 0.3 is 6.01 Å². The minimum atomic E-state index is -0.0494. The highest BCUT2D eigenvalue weighted by atomic mass is 16.5. The summed E-state index contributed by atoms with van der Waals surface area (Å²) in [6.45, 7) is 2.56. The number of nitrogens with zero attached hydrogens (tertiary/aromatic N) is 5. The lowest BCUT2D eigenvalue weighted by Gasteiger charge is -2.23. The van der Waals surface area contributed by atoms with Crippen molar-refractivity contribution in [1.29, 1.82) is 0 Å². The van der Waals surface area contributed by atoms with Crippen molar-refractivity contribution < 1.29 is 14.1 Å². The summed E-state index contributed by atoms with van der Waals surface area (Å²) in [5, 5.41) is 8.45. The Kier molecular flexibility index (Phi) is 4.39. The maximum absolute atomic E-state index is 13.1. The van der Waals surface area contributed by atoms with Crippen LogP contribution in [0.15, 0.2) is 34.9 Å². The first-order valence-electron chi connectivity index (χ1n) is 8.86. The summed E-state index contributed by atoms with van der Waals surface area (Å²) in [7, 11) is 3.31. The van der Waals surface area contributed by atoms with E-state index >= 15 is 0 Å². The number of carbonyl (C=O) groups excluding carboxylic acids is 1. The number of amides is 1. The first kappa shape index (κ1) is 17.3. The van der Waals surface area contributed by atoms with Gasteiger partial charge in [0.1, 0.15) is 11.5 Å². The third-order valence-electron chi connectivity index (χ3n) is 4.77. The second kappa shape index (κ2) is 6.86. The molecule has 8 nitrogen and oxygen atoms in total. The summed E-state index contributed by atoms with van der Waals surface area (Å²) < 4.78 is 11.9. The predicted molar refractivity (Wildman–Crippen MR) is 97.2 cm³/mol. The molecule has 0 N–H and O–H groups in total. The normalized spacial score (nSPS) is 16.7. The summed E-state index contributed by atoms with van der Waals surface area (Å²) in [5.41, 5.74) is 2.18. The molecule has 8 heteroatoms. The minimum Gasteiger partial charge on any atom is -0.467 e. The van der Waals surface area contributed by atoms with E-state index in [1.807, 2.05) is 42.2 Å². The summed E-state index contributed by atoms with van der Waals surface area (Å²) in [4.78, 5) is 19.4. The molecule has 3 heterocycles. The smallest absolute Gasteiger partial charge is 0.314 e. The standard InChI is InChI=1S/C19H21N5O3/c1-12-10-15(22-27-12)16-8-5-9-24(16)18(25)14-7-4-6-13(11-14)17-20-19(26-3)23(2)21-17/h4,6-7,10-11,16H,5,8-9H2,1-3H3/t16-/m0/s1. The summed E-state index contributed by atoms with van der Waals surface area (Å²) in [5.74, 6) is 1.25. The lowest BCUT2D eigenvalue weighted by Crippen LogP contribution is -2.30. The van der Waals surface area contributed by atoms with Gasteiger partial charge in [0.15, 0.2) is 5.82 Å². The van der Waals surface area contributed by atoms with E-state index in [9.17, 15) is 4.79 Å². The number of hydrogen-bond acceptors (Lipinski definition) is 6. The van der Waals surface area contributed by atoms with Gasteiger partial charge in [-0.3, -0.25) is 4.79 Å². The molecule has 1 aliphatic rings. The summed E-state index contributed by atoms with van der Waals surface area (Å²) >= 11 is 0. The zero-order chi connectivity index (χ0) is 19.0. The second-order valence-corrected chi connectivity index (χ2v) is 6.65. The van der Waals surface area contributed by atoms with Crippen molar-refractivity contribution in [2.24, 2.45) is 7.05 Å². The minimum absolute atomic E-state index is 0.0251. The quantitative estimate of drug-likeness (QED) is 0.705. The van der Waals surface area contributed by atoms with Gasteiger partial charge in [-0.15, -0.1) is 5.10 Å². The lowest BCUT2D eigenvalue weighted by molar-refractivity contribution is 0.0731. The van der Waals surface area contributed by atoms with Crippen LogP contribution in [0, 0.1) is 6.92 Å². The van der Waals surface area contributed by atoms with E-state index in [1.54, 1.807) is 18.8 Å². The van der Waals surface area contributed by atoms with E-state index in [4.69, 9.17) is 9.26 Å². The fourth-order valence-corrected chi connectivity index (χ4v) is 3.49.